The Kier molecular flexibility index (Phi) is 4.66. The van der Waals surface area contributed by atoms with Crippen LogP contribution in [0.25, 0.3) is 38.8 Å². The second-order valence-corrected chi connectivity index (χ2v) is 10.3. The van der Waals surface area contributed by atoms with Gasteiger partial charge >= 0.3 is 5.97 Å². The van der Waals surface area contributed by atoms with Crippen LogP contribution >= 0.6 is 11.6 Å². The van der Waals surface area contributed by atoms with Crippen molar-refractivity contribution in [3.63, 3.8) is 0 Å². The molecule has 3 aromatic heterocycles. The molecule has 7 rings (SSSR count). The molecule has 2 fully saturated rings. The summed E-state index contributed by atoms with van der Waals surface area (Å²) in [4.78, 5) is 18.1. The summed E-state index contributed by atoms with van der Waals surface area (Å²) in [6.07, 6.45) is 3.67. The first kappa shape index (κ1) is 22.2. The lowest BCUT2D eigenvalue weighted by Gasteiger charge is -2.20. The van der Waals surface area contributed by atoms with Gasteiger partial charge in [-0.3, -0.25) is 9.48 Å². The maximum absolute atomic E-state index is 14.8. The van der Waals surface area contributed by atoms with Crippen molar-refractivity contribution in [2.45, 2.75) is 6.92 Å². The smallest absolute Gasteiger partial charge is 0.307 e. The van der Waals surface area contributed by atoms with E-state index >= 15 is 0 Å². The Labute approximate surface area is 215 Å². The van der Waals surface area contributed by atoms with Crippen LogP contribution in [0, 0.1) is 30.5 Å². The number of fused-ring (bicyclic) bond motifs is 3. The molecule has 37 heavy (non-hydrogen) atoms. The number of hydrogen-bond acceptors (Lipinski definition) is 5. The fraction of sp³-hybridized carbons (Fsp3) is 0.259. The SMILES string of the molecule is Cc1c(Cl)c(F)cc2c(-c3cccc4nn(C)cc34)nn(-c3ccc(N4C[C@@H]5[C@H](C4)[C@@H]5C(=O)O)nc3)c12. The van der Waals surface area contributed by atoms with Gasteiger partial charge in [0.15, 0.2) is 0 Å². The Bertz CT molecular complexity index is 1730. The lowest BCUT2D eigenvalue weighted by atomic mass is 10.0. The number of halogens is 2. The lowest BCUT2D eigenvalue weighted by molar-refractivity contribution is -0.139. The van der Waals surface area contributed by atoms with Crippen LogP contribution in [0.2, 0.25) is 5.02 Å². The topological polar surface area (TPSA) is 89.1 Å². The van der Waals surface area contributed by atoms with E-state index in [1.807, 2.05) is 43.6 Å². The largest absolute Gasteiger partial charge is 0.481 e. The van der Waals surface area contributed by atoms with Gasteiger partial charge in [0.25, 0.3) is 0 Å². The number of pyridine rings is 1. The molecule has 4 heterocycles. The average molecular weight is 517 g/mol. The van der Waals surface area contributed by atoms with Gasteiger partial charge in [0.1, 0.15) is 17.3 Å². The lowest BCUT2D eigenvalue weighted by Crippen LogP contribution is -2.26. The van der Waals surface area contributed by atoms with Gasteiger partial charge in [-0.05, 0) is 48.6 Å². The summed E-state index contributed by atoms with van der Waals surface area (Å²) in [5.41, 5.74) is 4.34. The molecule has 10 heteroatoms. The molecule has 2 aromatic carbocycles. The summed E-state index contributed by atoms with van der Waals surface area (Å²) in [7, 11) is 1.86. The Morgan fingerprint density at radius 2 is 1.92 bits per heavy atom. The average Bonchev–Trinajstić information content (AvgIpc) is 3.21. The first-order chi connectivity index (χ1) is 17.8. The standard InChI is InChI=1S/C27H22ClFN6O2/c1-13-24(28)20(29)8-16-25(15-4-3-5-21-17(15)10-33(2)31-21)32-35(26(13)16)14-6-7-22(30-9-14)34-11-18-19(12-34)23(18)27(36)37/h3-10,18-19,23H,11-12H2,1-2H3,(H,36,37)/t18-,19+,23-. The van der Waals surface area contributed by atoms with Crippen molar-refractivity contribution in [1.82, 2.24) is 24.5 Å². The van der Waals surface area contributed by atoms with Crippen LogP contribution in [-0.2, 0) is 11.8 Å². The molecule has 3 atom stereocenters. The maximum atomic E-state index is 14.8. The fourth-order valence-electron chi connectivity index (χ4n) is 5.92. The highest BCUT2D eigenvalue weighted by atomic mass is 35.5. The zero-order chi connectivity index (χ0) is 25.6. The molecule has 0 unspecified atom stereocenters. The van der Waals surface area contributed by atoms with E-state index in [1.165, 1.54) is 6.07 Å². The highest BCUT2D eigenvalue weighted by Gasteiger charge is 2.60. The van der Waals surface area contributed by atoms with Gasteiger partial charge in [-0.25, -0.2) is 14.1 Å². The number of benzene rings is 2. The van der Waals surface area contributed by atoms with Crippen molar-refractivity contribution in [3.05, 3.63) is 65.2 Å². The van der Waals surface area contributed by atoms with Crippen molar-refractivity contribution in [2.24, 2.45) is 24.8 Å². The molecule has 0 radical (unpaired) electrons. The third-order valence-corrected chi connectivity index (χ3v) is 8.25. The van der Waals surface area contributed by atoms with E-state index in [-0.39, 0.29) is 22.8 Å². The molecule has 186 valence electrons. The van der Waals surface area contributed by atoms with Crippen molar-refractivity contribution < 1.29 is 14.3 Å². The number of aliphatic carboxylic acids is 1. The molecule has 1 saturated carbocycles. The second kappa shape index (κ2) is 7.76. The first-order valence-electron chi connectivity index (χ1n) is 12.1. The molecule has 1 N–H and O–H groups in total. The number of aryl methyl sites for hydroxylation is 2. The number of carbonyl (C=O) groups is 1. The van der Waals surface area contributed by atoms with Gasteiger partial charge in [0, 0.05) is 42.7 Å². The third-order valence-electron chi connectivity index (χ3n) is 7.79. The molecule has 2 aliphatic rings. The Morgan fingerprint density at radius 3 is 2.62 bits per heavy atom. The number of carboxylic acids is 1. The predicted octanol–water partition coefficient (Wildman–Crippen LogP) is 4.84. The van der Waals surface area contributed by atoms with Gasteiger partial charge in [0.05, 0.1) is 33.9 Å². The van der Waals surface area contributed by atoms with Crippen LogP contribution in [0.3, 0.4) is 0 Å². The van der Waals surface area contributed by atoms with Crippen LogP contribution in [0.15, 0.2) is 48.8 Å². The molecule has 0 bridgehead atoms. The molecule has 1 aliphatic carbocycles. The van der Waals surface area contributed by atoms with Gasteiger partial charge < -0.3 is 10.0 Å². The molecule has 1 saturated heterocycles. The predicted molar refractivity (Wildman–Crippen MR) is 139 cm³/mol. The quantitative estimate of drug-likeness (QED) is 0.367. The first-order valence-corrected chi connectivity index (χ1v) is 12.4. The van der Waals surface area contributed by atoms with E-state index < -0.39 is 11.8 Å². The number of anilines is 1. The zero-order valence-electron chi connectivity index (χ0n) is 20.1. The van der Waals surface area contributed by atoms with Gasteiger partial charge in [-0.2, -0.15) is 10.2 Å². The van der Waals surface area contributed by atoms with E-state index in [2.05, 4.69) is 15.0 Å². The molecule has 0 amide bonds. The Morgan fingerprint density at radius 1 is 1.14 bits per heavy atom. The molecule has 0 spiro atoms. The summed E-state index contributed by atoms with van der Waals surface area (Å²) in [5.74, 6) is -0.212. The summed E-state index contributed by atoms with van der Waals surface area (Å²) in [6, 6.07) is 11.1. The van der Waals surface area contributed by atoms with Crippen LogP contribution in [0.5, 0.6) is 0 Å². The number of nitrogens with zero attached hydrogens (tertiary/aromatic N) is 6. The van der Waals surface area contributed by atoms with Crippen molar-refractivity contribution in [3.8, 4) is 16.9 Å². The van der Waals surface area contributed by atoms with Crippen LogP contribution in [0.4, 0.5) is 10.2 Å². The highest BCUT2D eigenvalue weighted by Crippen LogP contribution is 2.52. The summed E-state index contributed by atoms with van der Waals surface area (Å²) in [5, 5.41) is 20.4. The molecular formula is C27H22ClFN6O2. The molecule has 8 nitrogen and oxygen atoms in total. The van der Waals surface area contributed by atoms with Crippen LogP contribution in [0.1, 0.15) is 5.56 Å². The monoisotopic (exact) mass is 516 g/mol. The minimum Gasteiger partial charge on any atom is -0.481 e. The summed E-state index contributed by atoms with van der Waals surface area (Å²) in [6.45, 7) is 3.19. The summed E-state index contributed by atoms with van der Waals surface area (Å²) < 4.78 is 18.3. The van der Waals surface area contributed by atoms with E-state index in [0.717, 1.165) is 28.0 Å². The van der Waals surface area contributed by atoms with Gasteiger partial charge in [-0.15, -0.1) is 0 Å². The number of aromatic nitrogens is 5. The maximum Gasteiger partial charge on any atom is 0.307 e. The number of piperidine rings is 1. The molecule has 5 aromatic rings. The van der Waals surface area contributed by atoms with E-state index in [9.17, 15) is 14.3 Å². The third kappa shape index (κ3) is 3.26. The van der Waals surface area contributed by atoms with E-state index in [1.54, 1.807) is 22.5 Å². The zero-order valence-corrected chi connectivity index (χ0v) is 20.8. The highest BCUT2D eigenvalue weighted by molar-refractivity contribution is 6.32. The molecular weight excluding hydrogens is 495 g/mol. The number of carboxylic acid groups (broad SMARTS) is 1. The van der Waals surface area contributed by atoms with Crippen LogP contribution in [-0.4, -0.2) is 48.7 Å². The fourth-order valence-corrected chi connectivity index (χ4v) is 6.07. The number of hydrogen-bond donors (Lipinski definition) is 1. The minimum atomic E-state index is -0.702. The van der Waals surface area contributed by atoms with Gasteiger partial charge in [0.2, 0.25) is 0 Å². The van der Waals surface area contributed by atoms with Crippen molar-refractivity contribution in [2.75, 3.05) is 18.0 Å². The normalized spacial score (nSPS) is 20.6. The number of rotatable bonds is 4. The van der Waals surface area contributed by atoms with Crippen LogP contribution < -0.4 is 4.90 Å². The van der Waals surface area contributed by atoms with E-state index in [4.69, 9.17) is 16.7 Å². The second-order valence-electron chi connectivity index (χ2n) is 9.97. The summed E-state index contributed by atoms with van der Waals surface area (Å²) >= 11 is 6.34. The van der Waals surface area contributed by atoms with Gasteiger partial charge in [-0.1, -0.05) is 23.7 Å². The van der Waals surface area contributed by atoms with E-state index in [0.29, 0.717) is 35.2 Å². The molecule has 1 aliphatic heterocycles. The van der Waals surface area contributed by atoms with Crippen molar-refractivity contribution >= 4 is 45.2 Å². The Balaban J connectivity index is 1.33. The minimum absolute atomic E-state index is 0.0636. The van der Waals surface area contributed by atoms with Crippen molar-refractivity contribution in [1.29, 1.82) is 0 Å². The Hall–Kier alpha value is -3.98.